The molecule has 9 nitrogen and oxygen atoms in total. The lowest BCUT2D eigenvalue weighted by molar-refractivity contribution is -0.385. The van der Waals surface area contributed by atoms with E-state index in [0.29, 0.717) is 24.6 Å². The lowest BCUT2D eigenvalue weighted by Gasteiger charge is -2.33. The van der Waals surface area contributed by atoms with Crippen molar-refractivity contribution in [3.8, 4) is 0 Å². The van der Waals surface area contributed by atoms with Crippen LogP contribution in [0.5, 0.6) is 0 Å². The highest BCUT2D eigenvalue weighted by atomic mass is 32.2. The maximum Gasteiger partial charge on any atom is 0.273 e. The van der Waals surface area contributed by atoms with Gasteiger partial charge in [-0.2, -0.15) is 4.31 Å². The monoisotopic (exact) mass is 363 g/mol. The van der Waals surface area contributed by atoms with Crippen LogP contribution in [0.2, 0.25) is 0 Å². The quantitative estimate of drug-likeness (QED) is 0.593. The Hall–Kier alpha value is -2.59. The average molecular weight is 363 g/mol. The number of hydrogen-bond donors (Lipinski definition) is 0. The maximum atomic E-state index is 12.8. The molecule has 1 fully saturated rings. The Morgan fingerprint density at radius 1 is 1.12 bits per heavy atom. The van der Waals surface area contributed by atoms with Crippen LogP contribution >= 0.6 is 0 Å². The number of nitrogens with zero attached hydrogens (tertiary/aromatic N) is 5. The standard InChI is InChI=1S/C15H17N5O4S/c1-12-3-4-13(11-14(12)20(21)22)25(23,24)19-9-7-18(8-10-19)15-16-5-2-6-17-15/h2-6,11H,7-10H2,1H3. The molecule has 1 aromatic heterocycles. The topological polar surface area (TPSA) is 110 Å². The molecule has 1 aromatic carbocycles. The van der Waals surface area contributed by atoms with Gasteiger partial charge in [0.1, 0.15) is 0 Å². The molecule has 0 amide bonds. The summed E-state index contributed by atoms with van der Waals surface area (Å²) in [6.07, 6.45) is 3.27. The number of piperazine rings is 1. The molecule has 0 unspecified atom stereocenters. The molecule has 2 aromatic rings. The van der Waals surface area contributed by atoms with Crippen molar-refractivity contribution in [2.24, 2.45) is 0 Å². The van der Waals surface area contributed by atoms with E-state index in [1.54, 1.807) is 25.4 Å². The molecule has 3 rings (SSSR count). The van der Waals surface area contributed by atoms with E-state index < -0.39 is 14.9 Å². The predicted molar refractivity (Wildman–Crippen MR) is 90.8 cm³/mol. The van der Waals surface area contributed by atoms with Crippen molar-refractivity contribution >= 4 is 21.7 Å². The molecule has 0 saturated carbocycles. The molecular formula is C15H17N5O4S. The number of nitro groups is 1. The van der Waals surface area contributed by atoms with Crippen LogP contribution < -0.4 is 4.90 Å². The smallest absolute Gasteiger partial charge is 0.273 e. The summed E-state index contributed by atoms with van der Waals surface area (Å²) in [5.41, 5.74) is 0.229. The zero-order valence-corrected chi connectivity index (χ0v) is 14.4. The summed E-state index contributed by atoms with van der Waals surface area (Å²) in [7, 11) is -3.78. The van der Waals surface area contributed by atoms with E-state index >= 15 is 0 Å². The minimum Gasteiger partial charge on any atom is -0.338 e. The molecule has 132 valence electrons. The van der Waals surface area contributed by atoms with Crippen molar-refractivity contribution in [3.05, 3.63) is 52.3 Å². The van der Waals surface area contributed by atoms with Gasteiger partial charge in [-0.05, 0) is 19.1 Å². The molecular weight excluding hydrogens is 346 g/mol. The molecule has 25 heavy (non-hydrogen) atoms. The van der Waals surface area contributed by atoms with Crippen molar-refractivity contribution in [2.45, 2.75) is 11.8 Å². The molecule has 2 heterocycles. The first-order valence-electron chi connectivity index (χ1n) is 7.67. The van der Waals surface area contributed by atoms with Crippen LogP contribution in [0.3, 0.4) is 0 Å². The van der Waals surface area contributed by atoms with Gasteiger partial charge in [0.15, 0.2) is 0 Å². The van der Waals surface area contributed by atoms with Gasteiger partial charge in [0.25, 0.3) is 5.69 Å². The fraction of sp³-hybridized carbons (Fsp3) is 0.333. The lowest BCUT2D eigenvalue weighted by Crippen LogP contribution is -2.49. The average Bonchev–Trinajstić information content (AvgIpc) is 2.62. The van der Waals surface area contributed by atoms with E-state index in [2.05, 4.69) is 9.97 Å². The minimum atomic E-state index is -3.78. The van der Waals surface area contributed by atoms with E-state index in [1.807, 2.05) is 4.90 Å². The molecule has 0 radical (unpaired) electrons. The lowest BCUT2D eigenvalue weighted by atomic mass is 10.2. The third kappa shape index (κ3) is 3.44. The summed E-state index contributed by atoms with van der Waals surface area (Å²) >= 11 is 0. The second-order valence-electron chi connectivity index (χ2n) is 5.65. The van der Waals surface area contributed by atoms with E-state index in [4.69, 9.17) is 0 Å². The predicted octanol–water partition coefficient (Wildman–Crippen LogP) is 1.20. The van der Waals surface area contributed by atoms with E-state index in [0.717, 1.165) is 6.07 Å². The van der Waals surface area contributed by atoms with Crippen LogP contribution in [0.15, 0.2) is 41.6 Å². The van der Waals surface area contributed by atoms with E-state index in [1.165, 1.54) is 16.4 Å². The van der Waals surface area contributed by atoms with Gasteiger partial charge >= 0.3 is 0 Å². The van der Waals surface area contributed by atoms with Crippen molar-refractivity contribution in [3.63, 3.8) is 0 Å². The molecule has 1 saturated heterocycles. The summed E-state index contributed by atoms with van der Waals surface area (Å²) < 4.78 is 26.9. The number of nitro benzene ring substituents is 1. The summed E-state index contributed by atoms with van der Waals surface area (Å²) in [6.45, 7) is 3.02. The highest BCUT2D eigenvalue weighted by molar-refractivity contribution is 7.89. The number of benzene rings is 1. The largest absolute Gasteiger partial charge is 0.338 e. The highest BCUT2D eigenvalue weighted by Crippen LogP contribution is 2.25. The SMILES string of the molecule is Cc1ccc(S(=O)(=O)N2CCN(c3ncccn3)CC2)cc1[N+](=O)[O-]. The van der Waals surface area contributed by atoms with Crippen molar-refractivity contribution in [1.29, 1.82) is 0 Å². The summed E-state index contributed by atoms with van der Waals surface area (Å²) in [6, 6.07) is 5.70. The van der Waals surface area contributed by atoms with Crippen LogP contribution in [0.25, 0.3) is 0 Å². The Balaban J connectivity index is 1.78. The third-order valence-corrected chi connectivity index (χ3v) is 5.98. The molecule has 0 atom stereocenters. The minimum absolute atomic E-state index is 0.0609. The van der Waals surface area contributed by atoms with Crippen LogP contribution in [0.4, 0.5) is 11.6 Å². The molecule has 0 aliphatic carbocycles. The fourth-order valence-electron chi connectivity index (χ4n) is 2.68. The first-order chi connectivity index (χ1) is 11.9. The number of rotatable bonds is 4. The Kier molecular flexibility index (Phi) is 4.64. The van der Waals surface area contributed by atoms with Gasteiger partial charge in [0, 0.05) is 50.2 Å². The van der Waals surface area contributed by atoms with Crippen LogP contribution in [-0.2, 0) is 10.0 Å². The number of aromatic nitrogens is 2. The van der Waals surface area contributed by atoms with Gasteiger partial charge in [0.05, 0.1) is 9.82 Å². The Bertz CT molecular complexity index is 880. The molecule has 0 bridgehead atoms. The fourth-order valence-corrected chi connectivity index (χ4v) is 4.12. The summed E-state index contributed by atoms with van der Waals surface area (Å²) in [5, 5.41) is 11.1. The maximum absolute atomic E-state index is 12.8. The normalized spacial score (nSPS) is 16.0. The van der Waals surface area contributed by atoms with Crippen LogP contribution in [-0.4, -0.2) is 53.8 Å². The number of sulfonamides is 1. The first kappa shape index (κ1) is 17.2. The van der Waals surface area contributed by atoms with Crippen molar-refractivity contribution in [1.82, 2.24) is 14.3 Å². The van der Waals surface area contributed by atoms with Gasteiger partial charge in [-0.3, -0.25) is 10.1 Å². The number of hydrogen-bond acceptors (Lipinski definition) is 7. The van der Waals surface area contributed by atoms with Crippen molar-refractivity contribution < 1.29 is 13.3 Å². The number of anilines is 1. The molecule has 10 heteroatoms. The molecule has 1 aliphatic rings. The van der Waals surface area contributed by atoms with E-state index in [9.17, 15) is 18.5 Å². The second-order valence-corrected chi connectivity index (χ2v) is 7.58. The highest BCUT2D eigenvalue weighted by Gasteiger charge is 2.30. The summed E-state index contributed by atoms with van der Waals surface area (Å²) in [4.78, 5) is 20.6. The third-order valence-electron chi connectivity index (χ3n) is 4.09. The van der Waals surface area contributed by atoms with E-state index in [-0.39, 0.29) is 23.7 Å². The van der Waals surface area contributed by atoms with Gasteiger partial charge in [0.2, 0.25) is 16.0 Å². The Morgan fingerprint density at radius 3 is 2.36 bits per heavy atom. The van der Waals surface area contributed by atoms with Gasteiger partial charge in [-0.1, -0.05) is 6.07 Å². The van der Waals surface area contributed by atoms with Gasteiger partial charge < -0.3 is 4.90 Å². The zero-order chi connectivity index (χ0) is 18.0. The first-order valence-corrected chi connectivity index (χ1v) is 9.11. The second kappa shape index (κ2) is 6.73. The van der Waals surface area contributed by atoms with Crippen LogP contribution in [0, 0.1) is 17.0 Å². The molecule has 0 N–H and O–H groups in total. The van der Waals surface area contributed by atoms with Crippen molar-refractivity contribution in [2.75, 3.05) is 31.1 Å². The number of aryl methyl sites for hydroxylation is 1. The molecule has 0 spiro atoms. The zero-order valence-electron chi connectivity index (χ0n) is 13.6. The van der Waals surface area contributed by atoms with Gasteiger partial charge in [-0.25, -0.2) is 18.4 Å². The summed E-state index contributed by atoms with van der Waals surface area (Å²) in [5.74, 6) is 0.561. The van der Waals surface area contributed by atoms with Gasteiger partial charge in [-0.15, -0.1) is 0 Å². The Morgan fingerprint density at radius 2 is 1.76 bits per heavy atom. The van der Waals surface area contributed by atoms with Crippen LogP contribution in [0.1, 0.15) is 5.56 Å². The Labute approximate surface area is 145 Å². The molecule has 1 aliphatic heterocycles.